The fraction of sp³-hybridized carbons (Fsp3) is 0.182. The summed E-state index contributed by atoms with van der Waals surface area (Å²) in [5.74, 6) is 0.488. The second-order valence-corrected chi connectivity index (χ2v) is 6.88. The van der Waals surface area contributed by atoms with Crippen molar-refractivity contribution in [1.29, 1.82) is 0 Å². The van der Waals surface area contributed by atoms with Crippen molar-refractivity contribution in [2.45, 2.75) is 26.5 Å². The highest BCUT2D eigenvalue weighted by Crippen LogP contribution is 2.22. The lowest BCUT2D eigenvalue weighted by Crippen LogP contribution is -2.31. The number of benzene rings is 2. The zero-order valence-electron chi connectivity index (χ0n) is 16.1. The maximum atomic E-state index is 12.6. The molecule has 0 saturated carbocycles. The van der Waals surface area contributed by atoms with E-state index in [1.165, 1.54) is 0 Å². The first-order chi connectivity index (χ1) is 13.9. The van der Waals surface area contributed by atoms with Gasteiger partial charge in [-0.15, -0.1) is 0 Å². The van der Waals surface area contributed by atoms with Crippen molar-refractivity contribution in [3.05, 3.63) is 82.8 Å². The van der Waals surface area contributed by atoms with Crippen LogP contribution in [0.1, 0.15) is 28.6 Å². The predicted molar refractivity (Wildman–Crippen MR) is 111 cm³/mol. The van der Waals surface area contributed by atoms with Crippen LogP contribution in [0.25, 0.3) is 0 Å². The summed E-state index contributed by atoms with van der Waals surface area (Å²) in [7, 11) is 0. The molecule has 1 heterocycles. The van der Waals surface area contributed by atoms with Crippen molar-refractivity contribution in [3.63, 3.8) is 0 Å². The quantitative estimate of drug-likeness (QED) is 0.595. The largest absolute Gasteiger partial charge is 0.481 e. The maximum absolute atomic E-state index is 12.6. The lowest BCUT2D eigenvalue weighted by atomic mass is 10.1. The molecule has 0 unspecified atom stereocenters. The Morgan fingerprint density at radius 3 is 2.66 bits per heavy atom. The van der Waals surface area contributed by atoms with Gasteiger partial charge in [-0.05, 0) is 61.9 Å². The summed E-state index contributed by atoms with van der Waals surface area (Å²) in [5.41, 5.74) is 1.61. The minimum atomic E-state index is -0.769. The van der Waals surface area contributed by atoms with E-state index in [4.69, 9.17) is 20.8 Å². The highest BCUT2D eigenvalue weighted by molar-refractivity contribution is 6.31. The van der Waals surface area contributed by atoms with E-state index in [2.05, 4.69) is 10.6 Å². The number of carbonyl (C=O) groups excluding carboxylic acids is 2. The third-order valence-electron chi connectivity index (χ3n) is 4.24. The van der Waals surface area contributed by atoms with E-state index in [9.17, 15) is 9.59 Å². The van der Waals surface area contributed by atoms with Gasteiger partial charge in [-0.2, -0.15) is 0 Å². The van der Waals surface area contributed by atoms with Crippen LogP contribution < -0.4 is 15.4 Å². The lowest BCUT2D eigenvalue weighted by molar-refractivity contribution is -0.122. The summed E-state index contributed by atoms with van der Waals surface area (Å²) in [6, 6.07) is 15.5. The topological polar surface area (TPSA) is 80.6 Å². The maximum Gasteiger partial charge on any atom is 0.265 e. The number of anilines is 1. The minimum absolute atomic E-state index is 0.254. The Morgan fingerprint density at radius 2 is 1.93 bits per heavy atom. The number of furan rings is 1. The van der Waals surface area contributed by atoms with E-state index >= 15 is 0 Å². The number of nitrogens with one attached hydrogen (secondary N) is 2. The van der Waals surface area contributed by atoms with Crippen molar-refractivity contribution in [3.8, 4) is 5.75 Å². The van der Waals surface area contributed by atoms with E-state index in [0.29, 0.717) is 27.8 Å². The second kappa shape index (κ2) is 9.30. The molecule has 0 saturated heterocycles. The van der Waals surface area contributed by atoms with Gasteiger partial charge in [-0.3, -0.25) is 9.59 Å². The molecule has 0 radical (unpaired) electrons. The minimum Gasteiger partial charge on any atom is -0.481 e. The molecule has 0 bridgehead atoms. The second-order valence-electron chi connectivity index (χ2n) is 6.47. The predicted octanol–water partition coefficient (Wildman–Crippen LogP) is 4.58. The van der Waals surface area contributed by atoms with Gasteiger partial charge < -0.3 is 19.8 Å². The van der Waals surface area contributed by atoms with E-state index < -0.39 is 6.10 Å². The first kappa shape index (κ1) is 20.5. The number of ether oxygens (including phenoxy) is 1. The monoisotopic (exact) mass is 412 g/mol. The van der Waals surface area contributed by atoms with Gasteiger partial charge in [-0.1, -0.05) is 23.7 Å². The van der Waals surface area contributed by atoms with Crippen molar-refractivity contribution >= 4 is 29.1 Å². The van der Waals surface area contributed by atoms with Gasteiger partial charge in [0.2, 0.25) is 0 Å². The standard InChI is InChI=1S/C22H21ClN2O4/c1-14-12-16(9-10-19(14)23)29-15(2)21(26)25-20-8-4-3-7-18(20)22(27)24-13-17-6-5-11-28-17/h3-12,15H,13H2,1-2H3,(H,24,27)(H,25,26)/t15-/m0/s1. The summed E-state index contributed by atoms with van der Waals surface area (Å²) in [6.45, 7) is 3.75. The average Bonchev–Trinajstić information content (AvgIpc) is 3.23. The fourth-order valence-corrected chi connectivity index (χ4v) is 2.77. The van der Waals surface area contributed by atoms with Crippen LogP contribution in [-0.4, -0.2) is 17.9 Å². The number of aryl methyl sites for hydroxylation is 1. The third-order valence-corrected chi connectivity index (χ3v) is 4.67. The number of carbonyl (C=O) groups is 2. The highest BCUT2D eigenvalue weighted by atomic mass is 35.5. The van der Waals surface area contributed by atoms with Gasteiger partial charge >= 0.3 is 0 Å². The summed E-state index contributed by atoms with van der Waals surface area (Å²) >= 11 is 6.01. The summed E-state index contributed by atoms with van der Waals surface area (Å²) in [4.78, 5) is 25.1. The molecule has 2 amide bonds. The molecular formula is C22H21ClN2O4. The first-order valence-electron chi connectivity index (χ1n) is 9.07. The molecule has 150 valence electrons. The number of para-hydroxylation sites is 1. The third kappa shape index (κ3) is 5.39. The van der Waals surface area contributed by atoms with Gasteiger partial charge in [0.05, 0.1) is 24.1 Å². The van der Waals surface area contributed by atoms with Gasteiger partial charge in [0, 0.05) is 5.02 Å². The number of hydrogen-bond donors (Lipinski definition) is 2. The molecule has 0 aliphatic heterocycles. The zero-order chi connectivity index (χ0) is 20.8. The lowest BCUT2D eigenvalue weighted by Gasteiger charge is -2.17. The molecule has 2 aromatic carbocycles. The summed E-state index contributed by atoms with van der Waals surface area (Å²) in [5, 5.41) is 6.15. The van der Waals surface area contributed by atoms with Crippen LogP contribution in [0.15, 0.2) is 65.3 Å². The molecule has 0 aliphatic carbocycles. The number of halogens is 1. The van der Waals surface area contributed by atoms with Crippen LogP contribution in [-0.2, 0) is 11.3 Å². The van der Waals surface area contributed by atoms with Crippen LogP contribution >= 0.6 is 11.6 Å². The van der Waals surface area contributed by atoms with Crippen LogP contribution in [0.5, 0.6) is 5.75 Å². The van der Waals surface area contributed by atoms with Gasteiger partial charge in [0.25, 0.3) is 11.8 Å². The van der Waals surface area contributed by atoms with Crippen molar-refractivity contribution in [2.75, 3.05) is 5.32 Å². The number of amides is 2. The van der Waals surface area contributed by atoms with Crippen molar-refractivity contribution in [2.24, 2.45) is 0 Å². The molecule has 3 rings (SSSR count). The van der Waals surface area contributed by atoms with Crippen LogP contribution in [0.3, 0.4) is 0 Å². The summed E-state index contributed by atoms with van der Waals surface area (Å²) in [6.07, 6.45) is 0.772. The van der Waals surface area contributed by atoms with Gasteiger partial charge in [0.1, 0.15) is 11.5 Å². The number of hydrogen-bond acceptors (Lipinski definition) is 4. The van der Waals surface area contributed by atoms with Gasteiger partial charge in [-0.25, -0.2) is 0 Å². The van der Waals surface area contributed by atoms with E-state index in [1.807, 2.05) is 6.92 Å². The molecule has 6 nitrogen and oxygen atoms in total. The molecule has 1 aromatic heterocycles. The Kier molecular flexibility index (Phi) is 6.57. The molecule has 7 heteroatoms. The normalized spacial score (nSPS) is 11.6. The van der Waals surface area contributed by atoms with E-state index in [0.717, 1.165) is 5.56 Å². The fourth-order valence-electron chi connectivity index (χ4n) is 2.65. The Hall–Kier alpha value is -3.25. The summed E-state index contributed by atoms with van der Waals surface area (Å²) < 4.78 is 10.9. The first-order valence-corrected chi connectivity index (χ1v) is 9.45. The molecule has 0 fully saturated rings. The Balaban J connectivity index is 1.65. The average molecular weight is 413 g/mol. The van der Waals surface area contributed by atoms with Crippen LogP contribution in [0.4, 0.5) is 5.69 Å². The van der Waals surface area contributed by atoms with Crippen LogP contribution in [0, 0.1) is 6.92 Å². The van der Waals surface area contributed by atoms with Crippen LogP contribution in [0.2, 0.25) is 5.02 Å². The molecule has 2 N–H and O–H groups in total. The molecular weight excluding hydrogens is 392 g/mol. The molecule has 3 aromatic rings. The van der Waals surface area contributed by atoms with E-state index in [-0.39, 0.29) is 18.4 Å². The Labute approximate surface area is 173 Å². The smallest absolute Gasteiger partial charge is 0.265 e. The van der Waals surface area contributed by atoms with Gasteiger partial charge in [0.15, 0.2) is 6.10 Å². The highest BCUT2D eigenvalue weighted by Gasteiger charge is 2.19. The van der Waals surface area contributed by atoms with Crippen molar-refractivity contribution < 1.29 is 18.7 Å². The SMILES string of the molecule is Cc1cc(O[C@@H](C)C(=O)Nc2ccccc2C(=O)NCc2ccco2)ccc1Cl. The Morgan fingerprint density at radius 1 is 1.14 bits per heavy atom. The molecule has 0 spiro atoms. The number of rotatable bonds is 7. The van der Waals surface area contributed by atoms with E-state index in [1.54, 1.807) is 67.8 Å². The van der Waals surface area contributed by atoms with Crippen molar-refractivity contribution in [1.82, 2.24) is 5.32 Å². The Bertz CT molecular complexity index is 1000. The molecule has 0 aliphatic rings. The molecule has 1 atom stereocenters. The zero-order valence-corrected chi connectivity index (χ0v) is 16.8. The molecule has 29 heavy (non-hydrogen) atoms.